The lowest BCUT2D eigenvalue weighted by Gasteiger charge is -2.11. The Morgan fingerprint density at radius 3 is 2.50 bits per heavy atom. The summed E-state index contributed by atoms with van der Waals surface area (Å²) >= 11 is 0. The number of ketones is 1. The number of carbonyl (C=O) groups is 1. The van der Waals surface area contributed by atoms with Gasteiger partial charge in [0.2, 0.25) is 5.78 Å². The molecule has 2 heterocycles. The second-order valence-corrected chi connectivity index (χ2v) is 7.35. The fourth-order valence-electron chi connectivity index (χ4n) is 3.82. The molecule has 0 saturated carbocycles. The standard InChI is InChI=1S/C26H21N3O3/c1-31-17-11-12-19(24(14-17)32-2)25(30)20(26-28-22-9-5-6-10-23(22)29-26)13-16-15-27-21-8-4-3-7-18(16)21/h3-15,27H,1-2H3,(H,28,29)/b20-13+. The first-order valence-corrected chi connectivity index (χ1v) is 10.2. The monoisotopic (exact) mass is 423 g/mol. The van der Waals surface area contributed by atoms with Crippen molar-refractivity contribution in [2.45, 2.75) is 0 Å². The second-order valence-electron chi connectivity index (χ2n) is 7.35. The molecule has 2 N–H and O–H groups in total. The number of nitrogens with one attached hydrogen (secondary N) is 2. The zero-order chi connectivity index (χ0) is 22.1. The second kappa shape index (κ2) is 8.07. The van der Waals surface area contributed by atoms with Gasteiger partial charge in [0.25, 0.3) is 0 Å². The van der Waals surface area contributed by atoms with Crippen LogP contribution in [0.2, 0.25) is 0 Å². The largest absolute Gasteiger partial charge is 0.497 e. The summed E-state index contributed by atoms with van der Waals surface area (Å²) in [6, 6.07) is 20.8. The maximum absolute atomic E-state index is 13.8. The number of carbonyl (C=O) groups excluding carboxylic acids is 1. The summed E-state index contributed by atoms with van der Waals surface area (Å²) in [4.78, 5) is 25.0. The molecule has 0 bridgehead atoms. The molecule has 3 aromatic carbocycles. The summed E-state index contributed by atoms with van der Waals surface area (Å²) in [7, 11) is 3.11. The summed E-state index contributed by atoms with van der Waals surface area (Å²) in [5.41, 5.74) is 4.42. The molecule has 0 spiro atoms. The van der Waals surface area contributed by atoms with Crippen molar-refractivity contribution in [3.05, 3.63) is 89.9 Å². The van der Waals surface area contributed by atoms with Crippen LogP contribution in [0.5, 0.6) is 11.5 Å². The predicted molar refractivity (Wildman–Crippen MR) is 126 cm³/mol. The molecule has 2 aromatic heterocycles. The normalized spacial score (nSPS) is 11.8. The molecule has 0 radical (unpaired) electrons. The van der Waals surface area contributed by atoms with Crippen LogP contribution in [-0.2, 0) is 0 Å². The van der Waals surface area contributed by atoms with Gasteiger partial charge in [-0.1, -0.05) is 30.3 Å². The third-order valence-electron chi connectivity index (χ3n) is 5.46. The first-order chi connectivity index (χ1) is 15.7. The Balaban J connectivity index is 1.70. The number of rotatable bonds is 6. The number of methoxy groups -OCH3 is 2. The van der Waals surface area contributed by atoms with Crippen LogP contribution in [0, 0.1) is 0 Å². The van der Waals surface area contributed by atoms with Crippen molar-refractivity contribution in [1.82, 2.24) is 15.0 Å². The van der Waals surface area contributed by atoms with Crippen molar-refractivity contribution < 1.29 is 14.3 Å². The minimum Gasteiger partial charge on any atom is -0.497 e. The van der Waals surface area contributed by atoms with Gasteiger partial charge in [-0.25, -0.2) is 4.98 Å². The molecule has 0 unspecified atom stereocenters. The van der Waals surface area contributed by atoms with E-state index >= 15 is 0 Å². The number of Topliss-reactive ketones (excluding diaryl/α,β-unsaturated/α-hetero) is 1. The zero-order valence-electron chi connectivity index (χ0n) is 17.7. The summed E-state index contributed by atoms with van der Waals surface area (Å²) in [5.74, 6) is 1.35. The van der Waals surface area contributed by atoms with Gasteiger partial charge in [0.1, 0.15) is 17.3 Å². The van der Waals surface area contributed by atoms with Gasteiger partial charge in [0.15, 0.2) is 0 Å². The number of H-pyrrole nitrogens is 2. The molecular formula is C26H21N3O3. The van der Waals surface area contributed by atoms with E-state index in [1.54, 1.807) is 25.3 Å². The highest BCUT2D eigenvalue weighted by atomic mass is 16.5. The molecule has 0 amide bonds. The molecule has 6 heteroatoms. The number of benzene rings is 3. The van der Waals surface area contributed by atoms with E-state index in [-0.39, 0.29) is 5.78 Å². The number of nitrogens with zero attached hydrogens (tertiary/aromatic N) is 1. The van der Waals surface area contributed by atoms with E-state index < -0.39 is 0 Å². The summed E-state index contributed by atoms with van der Waals surface area (Å²) in [6.07, 6.45) is 3.76. The van der Waals surface area contributed by atoms with Crippen molar-refractivity contribution in [3.8, 4) is 11.5 Å². The topological polar surface area (TPSA) is 80.0 Å². The van der Waals surface area contributed by atoms with Crippen LogP contribution in [0.25, 0.3) is 33.6 Å². The van der Waals surface area contributed by atoms with E-state index in [0.29, 0.717) is 28.5 Å². The minimum atomic E-state index is -0.200. The Labute approximate surface area is 184 Å². The molecule has 6 nitrogen and oxygen atoms in total. The SMILES string of the molecule is COc1ccc(C(=O)/C(=C\c2c[nH]c3ccccc23)c2nc3ccccc3[nH]2)c(OC)c1. The van der Waals surface area contributed by atoms with Crippen LogP contribution >= 0.6 is 0 Å². The lowest BCUT2D eigenvalue weighted by atomic mass is 9.99. The van der Waals surface area contributed by atoms with Gasteiger partial charge in [0, 0.05) is 28.7 Å². The number of imidazole rings is 1. The number of hydrogen-bond acceptors (Lipinski definition) is 4. The van der Waals surface area contributed by atoms with Crippen molar-refractivity contribution in [1.29, 1.82) is 0 Å². The molecule has 0 saturated heterocycles. The Kier molecular flexibility index (Phi) is 4.95. The Hall–Kier alpha value is -4.32. The maximum atomic E-state index is 13.8. The van der Waals surface area contributed by atoms with Crippen LogP contribution in [0.1, 0.15) is 21.7 Å². The molecule has 158 valence electrons. The van der Waals surface area contributed by atoms with Gasteiger partial charge in [0.05, 0.1) is 36.4 Å². The third kappa shape index (κ3) is 3.41. The molecule has 0 atom stereocenters. The third-order valence-corrected chi connectivity index (χ3v) is 5.46. The fourth-order valence-corrected chi connectivity index (χ4v) is 3.82. The van der Waals surface area contributed by atoms with Crippen LogP contribution < -0.4 is 9.47 Å². The van der Waals surface area contributed by atoms with Crippen molar-refractivity contribution in [2.24, 2.45) is 0 Å². The number of fused-ring (bicyclic) bond motifs is 2. The van der Waals surface area contributed by atoms with Crippen molar-refractivity contribution >= 4 is 39.4 Å². The summed E-state index contributed by atoms with van der Waals surface area (Å²) < 4.78 is 10.8. The van der Waals surface area contributed by atoms with Crippen molar-refractivity contribution in [2.75, 3.05) is 14.2 Å². The highest BCUT2D eigenvalue weighted by Gasteiger charge is 2.22. The van der Waals surface area contributed by atoms with E-state index in [2.05, 4.69) is 15.0 Å². The fraction of sp³-hybridized carbons (Fsp3) is 0.0769. The number of para-hydroxylation sites is 3. The Morgan fingerprint density at radius 2 is 1.72 bits per heavy atom. The minimum absolute atomic E-state index is 0.200. The molecule has 5 aromatic rings. The maximum Gasteiger partial charge on any atom is 0.200 e. The smallest absolute Gasteiger partial charge is 0.200 e. The van der Waals surface area contributed by atoms with Gasteiger partial charge >= 0.3 is 0 Å². The first kappa shape index (κ1) is 19.6. The number of allylic oxidation sites excluding steroid dienone is 1. The lowest BCUT2D eigenvalue weighted by Crippen LogP contribution is -2.07. The van der Waals surface area contributed by atoms with Gasteiger partial charge in [-0.2, -0.15) is 0 Å². The summed E-state index contributed by atoms with van der Waals surface area (Å²) in [6.45, 7) is 0. The predicted octanol–water partition coefficient (Wildman–Crippen LogP) is 5.48. The van der Waals surface area contributed by atoms with Crippen LogP contribution in [0.4, 0.5) is 0 Å². The Bertz CT molecular complexity index is 1440. The quantitative estimate of drug-likeness (QED) is 0.280. The number of aromatic nitrogens is 3. The average Bonchev–Trinajstić information content (AvgIpc) is 3.45. The highest BCUT2D eigenvalue weighted by Crippen LogP contribution is 2.31. The van der Waals surface area contributed by atoms with Crippen molar-refractivity contribution in [3.63, 3.8) is 0 Å². The number of hydrogen-bond donors (Lipinski definition) is 2. The van der Waals surface area contributed by atoms with Gasteiger partial charge < -0.3 is 19.4 Å². The molecule has 32 heavy (non-hydrogen) atoms. The van der Waals surface area contributed by atoms with E-state index in [9.17, 15) is 4.79 Å². The molecule has 0 fully saturated rings. The van der Waals surface area contributed by atoms with Crippen LogP contribution in [-0.4, -0.2) is 35.0 Å². The van der Waals surface area contributed by atoms with Gasteiger partial charge in [-0.15, -0.1) is 0 Å². The van der Waals surface area contributed by atoms with E-state index in [1.165, 1.54) is 7.11 Å². The molecule has 0 aliphatic heterocycles. The average molecular weight is 423 g/mol. The van der Waals surface area contributed by atoms with E-state index in [1.807, 2.05) is 60.8 Å². The Morgan fingerprint density at radius 1 is 0.938 bits per heavy atom. The van der Waals surface area contributed by atoms with Crippen LogP contribution in [0.15, 0.2) is 72.9 Å². The zero-order valence-corrected chi connectivity index (χ0v) is 17.7. The highest BCUT2D eigenvalue weighted by molar-refractivity contribution is 6.33. The van der Waals surface area contributed by atoms with E-state index in [0.717, 1.165) is 27.5 Å². The number of aromatic amines is 2. The lowest BCUT2D eigenvalue weighted by molar-refractivity contribution is 0.105. The molecule has 5 rings (SSSR count). The van der Waals surface area contributed by atoms with Gasteiger partial charge in [-0.3, -0.25) is 4.79 Å². The molecule has 0 aliphatic rings. The number of ether oxygens (including phenoxy) is 2. The van der Waals surface area contributed by atoms with Crippen LogP contribution in [0.3, 0.4) is 0 Å². The van der Waals surface area contributed by atoms with E-state index in [4.69, 9.17) is 9.47 Å². The van der Waals surface area contributed by atoms with Gasteiger partial charge in [-0.05, 0) is 36.4 Å². The first-order valence-electron chi connectivity index (χ1n) is 10.2. The molecular weight excluding hydrogens is 402 g/mol. The summed E-state index contributed by atoms with van der Waals surface area (Å²) in [5, 5.41) is 1.02. The molecule has 0 aliphatic carbocycles.